The van der Waals surface area contributed by atoms with Gasteiger partial charge < -0.3 is 14.6 Å². The molecule has 3 saturated carbocycles. The van der Waals surface area contributed by atoms with Crippen LogP contribution in [0.15, 0.2) is 41.3 Å². The summed E-state index contributed by atoms with van der Waals surface area (Å²) >= 11 is 0. The van der Waals surface area contributed by atoms with Crippen LogP contribution in [-0.2, 0) is 18.9 Å². The molecule has 6 heteroatoms. The SMILES string of the molecule is CCc1ccc(O)cc1C12CCN(CC3CC3)C(C)C13CCC1C2[C@@H](CN1C(=O)c1cc(=O)ccn1C)C3. The molecule has 2 aliphatic heterocycles. The monoisotopic (exact) mass is 515 g/mol. The second kappa shape index (κ2) is 8.45. The number of pyridine rings is 1. The maximum atomic E-state index is 14.0. The van der Waals surface area contributed by atoms with E-state index in [9.17, 15) is 14.7 Å². The van der Waals surface area contributed by atoms with Gasteiger partial charge in [-0.3, -0.25) is 14.5 Å². The molecule has 6 atom stereocenters. The highest BCUT2D eigenvalue weighted by Gasteiger charge is 2.74. The Morgan fingerprint density at radius 2 is 1.95 bits per heavy atom. The van der Waals surface area contributed by atoms with Crippen molar-refractivity contribution in [1.82, 2.24) is 14.4 Å². The van der Waals surface area contributed by atoms with Crippen molar-refractivity contribution < 1.29 is 9.90 Å². The summed E-state index contributed by atoms with van der Waals surface area (Å²) in [7, 11) is 1.86. The first kappa shape index (κ1) is 24.4. The predicted octanol–water partition coefficient (Wildman–Crippen LogP) is 4.34. The van der Waals surface area contributed by atoms with Crippen molar-refractivity contribution in [2.75, 3.05) is 19.6 Å². The summed E-state index contributed by atoms with van der Waals surface area (Å²) in [4.78, 5) is 31.1. The van der Waals surface area contributed by atoms with Gasteiger partial charge in [-0.2, -0.15) is 0 Å². The minimum Gasteiger partial charge on any atom is -0.508 e. The minimum atomic E-state index is -0.116. The van der Waals surface area contributed by atoms with E-state index in [1.165, 1.54) is 42.6 Å². The van der Waals surface area contributed by atoms with E-state index in [1.807, 2.05) is 13.1 Å². The molecule has 202 valence electrons. The fourth-order valence-corrected chi connectivity index (χ4v) is 9.91. The Labute approximate surface area is 225 Å². The van der Waals surface area contributed by atoms with Crippen LogP contribution in [0.25, 0.3) is 0 Å². The molecule has 5 aliphatic rings. The number of aromatic nitrogens is 1. The highest BCUT2D eigenvalue weighted by atomic mass is 16.3. The van der Waals surface area contributed by atoms with E-state index in [4.69, 9.17) is 0 Å². The number of aromatic hydroxyl groups is 1. The molecule has 1 aromatic heterocycles. The van der Waals surface area contributed by atoms with Gasteiger partial charge in [-0.25, -0.2) is 0 Å². The van der Waals surface area contributed by atoms with E-state index < -0.39 is 0 Å². The van der Waals surface area contributed by atoms with Crippen LogP contribution in [0.2, 0.25) is 0 Å². The molecule has 3 aliphatic carbocycles. The smallest absolute Gasteiger partial charge is 0.270 e. The number of benzene rings is 1. The highest BCUT2D eigenvalue weighted by molar-refractivity contribution is 5.93. The lowest BCUT2D eigenvalue weighted by Gasteiger charge is -2.63. The zero-order valence-corrected chi connectivity index (χ0v) is 23.0. The molecule has 2 bridgehead atoms. The average Bonchev–Trinajstić information content (AvgIpc) is 3.61. The van der Waals surface area contributed by atoms with Crippen molar-refractivity contribution in [2.24, 2.45) is 30.2 Å². The van der Waals surface area contributed by atoms with Gasteiger partial charge in [0.05, 0.1) is 0 Å². The number of phenols is 1. The number of aryl methyl sites for hydroxylation is 2. The van der Waals surface area contributed by atoms with Gasteiger partial charge in [0.15, 0.2) is 5.43 Å². The fourth-order valence-electron chi connectivity index (χ4n) is 9.91. The van der Waals surface area contributed by atoms with Crippen LogP contribution in [0.3, 0.4) is 0 Å². The number of carbonyl (C=O) groups excluding carboxylic acids is 1. The lowest BCUT2D eigenvalue weighted by atomic mass is 9.46. The van der Waals surface area contributed by atoms with Crippen LogP contribution in [0.1, 0.15) is 74.0 Å². The topological polar surface area (TPSA) is 65.8 Å². The minimum absolute atomic E-state index is 0.00177. The summed E-state index contributed by atoms with van der Waals surface area (Å²) in [6, 6.07) is 9.77. The first-order valence-electron chi connectivity index (χ1n) is 14.8. The number of amides is 1. The van der Waals surface area contributed by atoms with Gasteiger partial charge in [0.25, 0.3) is 5.91 Å². The molecular formula is C32H41N3O3. The summed E-state index contributed by atoms with van der Waals surface area (Å²) in [5.74, 6) is 2.06. The maximum absolute atomic E-state index is 14.0. The predicted molar refractivity (Wildman–Crippen MR) is 147 cm³/mol. The Bertz CT molecular complexity index is 1350. The first-order valence-corrected chi connectivity index (χ1v) is 14.8. The number of rotatable bonds is 5. The Morgan fingerprint density at radius 1 is 1.13 bits per heavy atom. The standard InChI is InChI=1S/C32H41N3O3/c1-4-22-7-8-24(36)15-26(22)32-12-14-34(18-21-5-6-21)20(2)31(32)11-9-27-29(32)23(17-31)19-35(27)30(38)28-16-25(37)10-13-33(28)3/h7-8,10,13,15-16,20-21,23,27,29,36H,4-6,9,11-12,14,17-19H2,1-3H3/t20?,23-,27?,29?,31?,32?/m1/s1. The van der Waals surface area contributed by atoms with Gasteiger partial charge in [-0.15, -0.1) is 0 Å². The number of hydrogen-bond donors (Lipinski definition) is 1. The summed E-state index contributed by atoms with van der Waals surface area (Å²) in [5.41, 5.74) is 3.21. The zero-order valence-electron chi connectivity index (χ0n) is 23.0. The Kier molecular flexibility index (Phi) is 5.43. The summed E-state index contributed by atoms with van der Waals surface area (Å²) in [5, 5.41) is 10.8. The molecule has 0 radical (unpaired) electrons. The summed E-state index contributed by atoms with van der Waals surface area (Å²) in [6.07, 6.45) is 9.79. The normalized spacial score (nSPS) is 35.9. The van der Waals surface area contributed by atoms with Gasteiger partial charge in [0.2, 0.25) is 0 Å². The second-order valence-electron chi connectivity index (χ2n) is 13.1. The van der Waals surface area contributed by atoms with Crippen LogP contribution in [-0.4, -0.2) is 57.1 Å². The number of likely N-dealkylation sites (tertiary alicyclic amines) is 2. The number of carbonyl (C=O) groups is 1. The van der Waals surface area contributed by atoms with Crippen LogP contribution < -0.4 is 5.43 Å². The van der Waals surface area contributed by atoms with Crippen molar-refractivity contribution in [3.63, 3.8) is 0 Å². The van der Waals surface area contributed by atoms with Gasteiger partial charge in [0, 0.05) is 56.0 Å². The van der Waals surface area contributed by atoms with E-state index in [0.29, 0.717) is 29.3 Å². The Hall–Kier alpha value is -2.60. The van der Waals surface area contributed by atoms with Crippen molar-refractivity contribution in [3.8, 4) is 5.75 Å². The van der Waals surface area contributed by atoms with E-state index in [0.717, 1.165) is 51.1 Å². The lowest BCUT2D eigenvalue weighted by molar-refractivity contribution is -0.0871. The third-order valence-electron chi connectivity index (χ3n) is 11.6. The van der Waals surface area contributed by atoms with Gasteiger partial charge in [0.1, 0.15) is 11.4 Å². The quantitative estimate of drug-likeness (QED) is 0.644. The second-order valence-corrected chi connectivity index (χ2v) is 13.1. The lowest BCUT2D eigenvalue weighted by Crippen LogP contribution is -2.66. The van der Waals surface area contributed by atoms with Crippen molar-refractivity contribution >= 4 is 5.91 Å². The fraction of sp³-hybridized carbons (Fsp3) is 0.625. The largest absolute Gasteiger partial charge is 0.508 e. The number of piperidine rings is 1. The molecule has 5 unspecified atom stereocenters. The number of hydrogen-bond acceptors (Lipinski definition) is 4. The average molecular weight is 516 g/mol. The summed E-state index contributed by atoms with van der Waals surface area (Å²) < 4.78 is 1.80. The van der Waals surface area contributed by atoms with E-state index >= 15 is 0 Å². The Morgan fingerprint density at radius 3 is 2.71 bits per heavy atom. The molecule has 6 nitrogen and oxygen atoms in total. The third-order valence-corrected chi connectivity index (χ3v) is 11.6. The van der Waals surface area contributed by atoms with Crippen molar-refractivity contribution in [2.45, 2.75) is 76.3 Å². The summed E-state index contributed by atoms with van der Waals surface area (Å²) in [6.45, 7) is 7.82. The van der Waals surface area contributed by atoms with Gasteiger partial charge >= 0.3 is 0 Å². The molecule has 0 spiro atoms. The van der Waals surface area contributed by atoms with Gasteiger partial charge in [-0.05, 0) is 105 Å². The van der Waals surface area contributed by atoms with Crippen LogP contribution >= 0.6 is 0 Å². The van der Waals surface area contributed by atoms with E-state index in [-0.39, 0.29) is 28.2 Å². The molecule has 1 aromatic carbocycles. The van der Waals surface area contributed by atoms with Crippen LogP contribution in [0, 0.1) is 23.2 Å². The number of phenolic OH excluding ortho intramolecular Hbond substituents is 1. The zero-order chi connectivity index (χ0) is 26.4. The highest BCUT2D eigenvalue weighted by Crippen LogP contribution is 2.73. The molecule has 5 fully saturated rings. The molecule has 38 heavy (non-hydrogen) atoms. The molecular weight excluding hydrogens is 474 g/mol. The first-order chi connectivity index (χ1) is 18.3. The van der Waals surface area contributed by atoms with Crippen molar-refractivity contribution in [1.29, 1.82) is 0 Å². The van der Waals surface area contributed by atoms with E-state index in [1.54, 1.807) is 10.8 Å². The molecule has 1 amide bonds. The molecule has 3 heterocycles. The van der Waals surface area contributed by atoms with Crippen LogP contribution in [0.5, 0.6) is 5.75 Å². The third kappa shape index (κ3) is 3.22. The van der Waals surface area contributed by atoms with Crippen molar-refractivity contribution in [3.05, 3.63) is 63.6 Å². The van der Waals surface area contributed by atoms with E-state index in [2.05, 4.69) is 35.8 Å². The molecule has 2 aromatic rings. The van der Waals surface area contributed by atoms with Crippen LogP contribution in [0.4, 0.5) is 0 Å². The Balaban J connectivity index is 1.35. The number of nitrogens with zero attached hydrogens (tertiary/aromatic N) is 3. The van der Waals surface area contributed by atoms with Gasteiger partial charge in [-0.1, -0.05) is 13.0 Å². The molecule has 2 saturated heterocycles. The molecule has 1 N–H and O–H groups in total. The maximum Gasteiger partial charge on any atom is 0.270 e. The molecule has 7 rings (SSSR count).